The molecule has 1 unspecified atom stereocenters. The van der Waals surface area contributed by atoms with Crippen molar-refractivity contribution in [1.29, 1.82) is 0 Å². The van der Waals surface area contributed by atoms with Crippen LogP contribution in [0.2, 0.25) is 10.0 Å². The average molecular weight is 368 g/mol. The lowest BCUT2D eigenvalue weighted by Gasteiger charge is -2.14. The predicted molar refractivity (Wildman–Crippen MR) is 74.6 cm³/mol. The highest BCUT2D eigenvalue weighted by atomic mass is 79.9. The molecule has 2 rings (SSSR count). The van der Waals surface area contributed by atoms with Gasteiger partial charge in [-0.15, -0.1) is 0 Å². The second-order valence-electron chi connectivity index (χ2n) is 3.89. The maximum absolute atomic E-state index is 13.7. The van der Waals surface area contributed by atoms with Crippen molar-refractivity contribution in [2.45, 2.75) is 6.10 Å². The normalized spacial score (nSPS) is 12.5. The van der Waals surface area contributed by atoms with Crippen molar-refractivity contribution in [3.05, 3.63) is 67.6 Å². The number of halogens is 5. The highest BCUT2D eigenvalue weighted by Gasteiger charge is 2.18. The van der Waals surface area contributed by atoms with E-state index in [1.54, 1.807) is 0 Å². The van der Waals surface area contributed by atoms with Crippen LogP contribution in [0.5, 0.6) is 0 Å². The Labute approximate surface area is 126 Å². The van der Waals surface area contributed by atoms with Crippen LogP contribution >= 0.6 is 39.1 Å². The molecule has 0 saturated carbocycles. The fourth-order valence-electron chi connectivity index (χ4n) is 1.66. The molecule has 0 saturated heterocycles. The molecule has 0 aliphatic rings. The average Bonchev–Trinajstić information content (AvgIpc) is 2.31. The van der Waals surface area contributed by atoms with E-state index in [0.29, 0.717) is 10.0 Å². The van der Waals surface area contributed by atoms with Gasteiger partial charge >= 0.3 is 0 Å². The number of hydrogen-bond acceptors (Lipinski definition) is 1. The van der Waals surface area contributed by atoms with E-state index in [4.69, 9.17) is 23.2 Å². The summed E-state index contributed by atoms with van der Waals surface area (Å²) in [4.78, 5) is 0. The van der Waals surface area contributed by atoms with Crippen molar-refractivity contribution in [1.82, 2.24) is 0 Å². The molecule has 0 aliphatic carbocycles. The third kappa shape index (κ3) is 3.26. The third-order valence-corrected chi connectivity index (χ3v) is 3.58. The van der Waals surface area contributed by atoms with Gasteiger partial charge in [0.2, 0.25) is 0 Å². The molecule has 0 aromatic heterocycles. The maximum atomic E-state index is 13.7. The maximum Gasteiger partial charge on any atom is 0.137 e. The van der Waals surface area contributed by atoms with Crippen molar-refractivity contribution in [3.8, 4) is 0 Å². The standard InChI is InChI=1S/C13H7BrCl2F2O/c14-10-5-11(17)9(4-12(10)18)13(19)6-1-7(15)3-8(16)2-6/h1-5,13,19H. The van der Waals surface area contributed by atoms with Crippen molar-refractivity contribution >= 4 is 39.1 Å². The Bertz CT molecular complexity index is 614. The van der Waals surface area contributed by atoms with E-state index < -0.39 is 17.7 Å². The minimum absolute atomic E-state index is 0.00919. The quantitative estimate of drug-likeness (QED) is 0.730. The molecule has 2 aromatic carbocycles. The molecule has 2 aromatic rings. The van der Waals surface area contributed by atoms with E-state index in [9.17, 15) is 13.9 Å². The first kappa shape index (κ1) is 14.7. The molecule has 0 spiro atoms. The van der Waals surface area contributed by atoms with Crippen LogP contribution in [0.15, 0.2) is 34.8 Å². The Morgan fingerprint density at radius 3 is 2.11 bits per heavy atom. The van der Waals surface area contributed by atoms with Gasteiger partial charge in [-0.1, -0.05) is 23.2 Å². The zero-order valence-corrected chi connectivity index (χ0v) is 12.4. The molecule has 1 nitrogen and oxygen atoms in total. The molecule has 19 heavy (non-hydrogen) atoms. The van der Waals surface area contributed by atoms with E-state index in [-0.39, 0.29) is 15.6 Å². The molecule has 0 amide bonds. The Morgan fingerprint density at radius 2 is 1.53 bits per heavy atom. The summed E-state index contributed by atoms with van der Waals surface area (Å²) < 4.78 is 27.2. The summed E-state index contributed by atoms with van der Waals surface area (Å²) >= 11 is 14.5. The van der Waals surface area contributed by atoms with Crippen LogP contribution < -0.4 is 0 Å². The predicted octanol–water partition coefficient (Wildman–Crippen LogP) is 5.12. The lowest BCUT2D eigenvalue weighted by Crippen LogP contribution is -2.04. The van der Waals surface area contributed by atoms with E-state index >= 15 is 0 Å². The molecule has 1 atom stereocenters. The van der Waals surface area contributed by atoms with Crippen LogP contribution in [0, 0.1) is 11.6 Å². The highest BCUT2D eigenvalue weighted by Crippen LogP contribution is 2.31. The molecule has 6 heteroatoms. The van der Waals surface area contributed by atoms with Crippen LogP contribution in [0.4, 0.5) is 8.78 Å². The van der Waals surface area contributed by atoms with E-state index in [1.165, 1.54) is 18.2 Å². The van der Waals surface area contributed by atoms with Gasteiger partial charge in [-0.25, -0.2) is 8.78 Å². The van der Waals surface area contributed by atoms with Crippen LogP contribution in [0.25, 0.3) is 0 Å². The van der Waals surface area contributed by atoms with Crippen LogP contribution in [0.1, 0.15) is 17.2 Å². The van der Waals surface area contributed by atoms with Gasteiger partial charge in [0.25, 0.3) is 0 Å². The van der Waals surface area contributed by atoms with Crippen LogP contribution in [-0.2, 0) is 0 Å². The monoisotopic (exact) mass is 366 g/mol. The number of hydrogen-bond donors (Lipinski definition) is 1. The zero-order valence-electron chi connectivity index (χ0n) is 9.30. The topological polar surface area (TPSA) is 20.2 Å². The summed E-state index contributed by atoms with van der Waals surface area (Å²) in [5.41, 5.74) is 0.108. The van der Waals surface area contributed by atoms with Crippen molar-refractivity contribution in [3.63, 3.8) is 0 Å². The van der Waals surface area contributed by atoms with Gasteiger partial charge in [0.1, 0.15) is 17.7 Å². The SMILES string of the molecule is OC(c1cc(Cl)cc(Cl)c1)c1cc(F)c(Br)cc1F. The van der Waals surface area contributed by atoms with E-state index in [1.807, 2.05) is 0 Å². The molecule has 0 fully saturated rings. The number of benzene rings is 2. The number of rotatable bonds is 2. The van der Waals surface area contributed by atoms with Crippen molar-refractivity contribution < 1.29 is 13.9 Å². The molecule has 1 N–H and O–H groups in total. The summed E-state index contributed by atoms with van der Waals surface area (Å²) in [5.74, 6) is -1.39. The van der Waals surface area contributed by atoms with Gasteiger partial charge in [0.05, 0.1) is 4.47 Å². The van der Waals surface area contributed by atoms with E-state index in [2.05, 4.69) is 15.9 Å². The largest absolute Gasteiger partial charge is 0.384 e. The zero-order chi connectivity index (χ0) is 14.2. The van der Waals surface area contributed by atoms with Gasteiger partial charge in [-0.2, -0.15) is 0 Å². The smallest absolute Gasteiger partial charge is 0.137 e. The lowest BCUT2D eigenvalue weighted by molar-refractivity contribution is 0.214. The number of aliphatic hydroxyl groups excluding tert-OH is 1. The Kier molecular flexibility index (Phi) is 4.46. The van der Waals surface area contributed by atoms with Gasteiger partial charge < -0.3 is 5.11 Å². The van der Waals surface area contributed by atoms with Crippen molar-refractivity contribution in [2.24, 2.45) is 0 Å². The highest BCUT2D eigenvalue weighted by molar-refractivity contribution is 9.10. The first-order chi connectivity index (χ1) is 8.88. The number of aliphatic hydroxyl groups is 1. The molecule has 100 valence electrons. The second kappa shape index (κ2) is 5.75. The second-order valence-corrected chi connectivity index (χ2v) is 5.62. The first-order valence-corrected chi connectivity index (χ1v) is 6.72. The third-order valence-electron chi connectivity index (χ3n) is 2.53. The summed E-state index contributed by atoms with van der Waals surface area (Å²) in [6.45, 7) is 0. The van der Waals surface area contributed by atoms with Gasteiger partial charge in [-0.3, -0.25) is 0 Å². The molecular weight excluding hydrogens is 361 g/mol. The van der Waals surface area contributed by atoms with Gasteiger partial charge in [0, 0.05) is 15.6 Å². The fourth-order valence-corrected chi connectivity index (χ4v) is 2.52. The van der Waals surface area contributed by atoms with Crippen LogP contribution in [-0.4, -0.2) is 5.11 Å². The van der Waals surface area contributed by atoms with Gasteiger partial charge in [-0.05, 0) is 51.8 Å². The summed E-state index contributed by atoms with van der Waals surface area (Å²) in [5, 5.41) is 10.7. The van der Waals surface area contributed by atoms with Crippen molar-refractivity contribution in [2.75, 3.05) is 0 Å². The molecule has 0 aliphatic heterocycles. The molecule has 0 bridgehead atoms. The first-order valence-electron chi connectivity index (χ1n) is 5.17. The van der Waals surface area contributed by atoms with Gasteiger partial charge in [0.15, 0.2) is 0 Å². The van der Waals surface area contributed by atoms with Crippen LogP contribution in [0.3, 0.4) is 0 Å². The Balaban J connectivity index is 2.49. The fraction of sp³-hybridized carbons (Fsp3) is 0.0769. The summed E-state index contributed by atoms with van der Waals surface area (Å²) in [7, 11) is 0. The molecule has 0 radical (unpaired) electrons. The summed E-state index contributed by atoms with van der Waals surface area (Å²) in [6.07, 6.45) is -1.35. The minimum atomic E-state index is -1.35. The Morgan fingerprint density at radius 1 is 0.947 bits per heavy atom. The minimum Gasteiger partial charge on any atom is -0.384 e. The summed E-state index contributed by atoms with van der Waals surface area (Å²) in [6, 6.07) is 6.26. The lowest BCUT2D eigenvalue weighted by atomic mass is 10.0. The van der Waals surface area contributed by atoms with E-state index in [0.717, 1.165) is 12.1 Å². The Hall–Kier alpha value is -0.680. The molecule has 0 heterocycles. The molecular formula is C13H7BrCl2F2O.